The van der Waals surface area contributed by atoms with Gasteiger partial charge in [0.1, 0.15) is 0 Å². The summed E-state index contributed by atoms with van der Waals surface area (Å²) in [5.41, 5.74) is 0. The first-order valence-corrected chi connectivity index (χ1v) is 7.80. The van der Waals surface area contributed by atoms with Crippen LogP contribution in [-0.2, 0) is 4.79 Å². The van der Waals surface area contributed by atoms with Gasteiger partial charge in [0.15, 0.2) is 0 Å². The van der Waals surface area contributed by atoms with Gasteiger partial charge in [0.05, 0.1) is 0 Å². The Bertz CT molecular complexity index is 291. The molecular weight excluding hydrogens is 309 g/mol. The van der Waals surface area contributed by atoms with Gasteiger partial charge in [-0.3, -0.25) is 4.79 Å². The van der Waals surface area contributed by atoms with Crippen molar-refractivity contribution < 1.29 is 4.79 Å². The molecule has 0 bridgehead atoms. The van der Waals surface area contributed by atoms with E-state index in [2.05, 4.69) is 29.6 Å². The lowest BCUT2D eigenvalue weighted by atomic mass is 9.93. The van der Waals surface area contributed by atoms with Crippen LogP contribution in [0, 0.1) is 11.8 Å². The van der Waals surface area contributed by atoms with Crippen LogP contribution in [0.2, 0.25) is 0 Å². The molecule has 1 aliphatic carbocycles. The molecule has 2 fully saturated rings. The van der Waals surface area contributed by atoms with E-state index in [0.29, 0.717) is 12.5 Å². The van der Waals surface area contributed by atoms with Crippen LogP contribution in [0.3, 0.4) is 0 Å². The predicted octanol–water partition coefficient (Wildman–Crippen LogP) is 2.07. The molecule has 21 heavy (non-hydrogen) atoms. The van der Waals surface area contributed by atoms with E-state index in [1.807, 2.05) is 0 Å². The summed E-state index contributed by atoms with van der Waals surface area (Å²) in [6.07, 6.45) is 6.88. The first-order chi connectivity index (χ1) is 9.16. The van der Waals surface area contributed by atoms with E-state index >= 15 is 0 Å². The second-order valence-corrected chi connectivity index (χ2v) is 6.40. The summed E-state index contributed by atoms with van der Waals surface area (Å²) in [5.74, 6) is 1.80. The van der Waals surface area contributed by atoms with Crippen molar-refractivity contribution in [2.45, 2.75) is 44.6 Å². The summed E-state index contributed by atoms with van der Waals surface area (Å²) >= 11 is 0. The maximum Gasteiger partial charge on any atom is 0.220 e. The molecule has 1 aliphatic heterocycles. The van der Waals surface area contributed by atoms with Crippen molar-refractivity contribution >= 4 is 30.7 Å². The SMILES string of the molecule is CN(C)C(CNC(=O)CCC1CCNCC1)C1CC1.Cl.Cl. The van der Waals surface area contributed by atoms with Gasteiger partial charge >= 0.3 is 0 Å². The Hall–Kier alpha value is -0.0300. The van der Waals surface area contributed by atoms with Crippen LogP contribution >= 0.6 is 24.8 Å². The molecule has 1 saturated carbocycles. The second-order valence-electron chi connectivity index (χ2n) is 6.40. The van der Waals surface area contributed by atoms with Gasteiger partial charge in [0.2, 0.25) is 5.91 Å². The maximum absolute atomic E-state index is 11.9. The van der Waals surface area contributed by atoms with Crippen LogP contribution in [0.4, 0.5) is 0 Å². The first kappa shape index (κ1) is 21.0. The van der Waals surface area contributed by atoms with Gasteiger partial charge in [0.25, 0.3) is 0 Å². The number of hydrogen-bond acceptors (Lipinski definition) is 3. The number of halogens is 2. The molecule has 6 heteroatoms. The molecular formula is C15H31Cl2N3O. The van der Waals surface area contributed by atoms with Gasteiger partial charge in [0, 0.05) is 19.0 Å². The molecule has 1 amide bonds. The normalized spacial score (nSPS) is 20.3. The zero-order valence-corrected chi connectivity index (χ0v) is 14.9. The Kier molecular flexibility index (Phi) is 10.6. The van der Waals surface area contributed by atoms with Crippen molar-refractivity contribution in [2.75, 3.05) is 33.7 Å². The van der Waals surface area contributed by atoms with Crippen molar-refractivity contribution in [3.63, 3.8) is 0 Å². The fourth-order valence-electron chi connectivity index (χ4n) is 3.06. The van der Waals surface area contributed by atoms with E-state index in [1.54, 1.807) is 0 Å². The molecule has 126 valence electrons. The molecule has 2 aliphatic rings. The number of rotatable bonds is 7. The fraction of sp³-hybridized carbons (Fsp3) is 0.933. The maximum atomic E-state index is 11.9. The molecule has 0 radical (unpaired) electrons. The lowest BCUT2D eigenvalue weighted by Crippen LogP contribution is -2.41. The van der Waals surface area contributed by atoms with E-state index < -0.39 is 0 Å². The van der Waals surface area contributed by atoms with Crippen molar-refractivity contribution in [3.05, 3.63) is 0 Å². The van der Waals surface area contributed by atoms with Crippen LogP contribution in [0.15, 0.2) is 0 Å². The van der Waals surface area contributed by atoms with Crippen molar-refractivity contribution in [3.8, 4) is 0 Å². The van der Waals surface area contributed by atoms with Crippen LogP contribution in [0.1, 0.15) is 38.5 Å². The van der Waals surface area contributed by atoms with E-state index in [0.717, 1.165) is 37.9 Å². The minimum Gasteiger partial charge on any atom is -0.355 e. The molecule has 1 heterocycles. The molecule has 2 N–H and O–H groups in total. The number of amides is 1. The third-order valence-corrected chi connectivity index (χ3v) is 4.58. The van der Waals surface area contributed by atoms with E-state index in [9.17, 15) is 4.79 Å². The van der Waals surface area contributed by atoms with Crippen molar-refractivity contribution in [1.82, 2.24) is 15.5 Å². The zero-order chi connectivity index (χ0) is 13.7. The molecule has 1 atom stereocenters. The summed E-state index contributed by atoms with van der Waals surface area (Å²) in [7, 11) is 4.23. The van der Waals surface area contributed by atoms with Gasteiger partial charge in [-0.25, -0.2) is 0 Å². The summed E-state index contributed by atoms with van der Waals surface area (Å²) in [6.45, 7) is 3.07. The second kappa shape index (κ2) is 10.7. The highest BCUT2D eigenvalue weighted by Crippen LogP contribution is 2.34. The highest BCUT2D eigenvalue weighted by atomic mass is 35.5. The molecule has 0 aromatic carbocycles. The quantitative estimate of drug-likeness (QED) is 0.746. The highest BCUT2D eigenvalue weighted by Gasteiger charge is 2.32. The largest absolute Gasteiger partial charge is 0.355 e. The van der Waals surface area contributed by atoms with Gasteiger partial charge < -0.3 is 15.5 Å². The minimum absolute atomic E-state index is 0. The molecule has 1 unspecified atom stereocenters. The monoisotopic (exact) mass is 339 g/mol. The number of carbonyl (C=O) groups is 1. The van der Waals surface area contributed by atoms with Gasteiger partial charge in [-0.05, 0) is 71.1 Å². The molecule has 4 nitrogen and oxygen atoms in total. The van der Waals surface area contributed by atoms with Crippen LogP contribution in [0.25, 0.3) is 0 Å². The zero-order valence-electron chi connectivity index (χ0n) is 13.3. The average molecular weight is 340 g/mol. The first-order valence-electron chi connectivity index (χ1n) is 7.80. The number of nitrogens with zero attached hydrogens (tertiary/aromatic N) is 1. The lowest BCUT2D eigenvalue weighted by Gasteiger charge is -2.25. The standard InChI is InChI=1S/C15H29N3O.2ClH/c1-18(2)14(13-4-5-13)11-17-15(19)6-3-12-7-9-16-10-8-12;;/h12-14,16H,3-11H2,1-2H3,(H,17,19);2*1H. The Balaban J connectivity index is 0.00000200. The summed E-state index contributed by atoms with van der Waals surface area (Å²) in [4.78, 5) is 14.2. The molecule has 2 rings (SSSR count). The van der Waals surface area contributed by atoms with Crippen molar-refractivity contribution in [1.29, 1.82) is 0 Å². The minimum atomic E-state index is 0. The van der Waals surface area contributed by atoms with Crippen molar-refractivity contribution in [2.24, 2.45) is 11.8 Å². The predicted molar refractivity (Wildman–Crippen MR) is 92.5 cm³/mol. The summed E-state index contributed by atoms with van der Waals surface area (Å²) in [6, 6.07) is 0.530. The Morgan fingerprint density at radius 2 is 1.81 bits per heavy atom. The topological polar surface area (TPSA) is 44.4 Å². The average Bonchev–Trinajstić information content (AvgIpc) is 3.22. The molecule has 1 saturated heterocycles. The van der Waals surface area contributed by atoms with Gasteiger partial charge in [-0.2, -0.15) is 0 Å². The Morgan fingerprint density at radius 3 is 2.33 bits per heavy atom. The fourth-order valence-corrected chi connectivity index (χ4v) is 3.06. The van der Waals surface area contributed by atoms with Crippen LogP contribution in [0.5, 0.6) is 0 Å². The van der Waals surface area contributed by atoms with Crippen LogP contribution < -0.4 is 10.6 Å². The van der Waals surface area contributed by atoms with Crippen LogP contribution in [-0.4, -0.2) is 50.6 Å². The third kappa shape index (κ3) is 7.68. The summed E-state index contributed by atoms with van der Waals surface area (Å²) < 4.78 is 0. The summed E-state index contributed by atoms with van der Waals surface area (Å²) in [5, 5.41) is 6.50. The van der Waals surface area contributed by atoms with E-state index in [4.69, 9.17) is 0 Å². The molecule has 0 aromatic heterocycles. The number of likely N-dealkylation sites (N-methyl/N-ethyl adjacent to an activating group) is 1. The third-order valence-electron chi connectivity index (χ3n) is 4.58. The molecule has 0 aromatic rings. The van der Waals surface area contributed by atoms with Gasteiger partial charge in [-0.15, -0.1) is 24.8 Å². The highest BCUT2D eigenvalue weighted by molar-refractivity contribution is 5.85. The Morgan fingerprint density at radius 1 is 1.19 bits per heavy atom. The number of carbonyl (C=O) groups excluding carboxylic acids is 1. The number of nitrogens with one attached hydrogen (secondary N) is 2. The number of hydrogen-bond donors (Lipinski definition) is 2. The lowest BCUT2D eigenvalue weighted by molar-refractivity contribution is -0.121. The van der Waals surface area contributed by atoms with E-state index in [-0.39, 0.29) is 30.7 Å². The smallest absolute Gasteiger partial charge is 0.220 e. The van der Waals surface area contributed by atoms with E-state index in [1.165, 1.54) is 25.7 Å². The Labute approximate surface area is 141 Å². The number of piperidine rings is 1. The molecule has 0 spiro atoms. The van der Waals surface area contributed by atoms with Gasteiger partial charge in [-0.1, -0.05) is 0 Å².